The number of pyridine rings is 1. The molecular weight excluding hydrogens is 430 g/mol. The molecule has 2 aromatic carbocycles. The summed E-state index contributed by atoms with van der Waals surface area (Å²) < 4.78 is 38.5. The number of aliphatic hydroxyl groups excluding tert-OH is 1. The van der Waals surface area contributed by atoms with Gasteiger partial charge in [-0.1, -0.05) is 12.1 Å². The molecule has 3 aromatic rings. The van der Waals surface area contributed by atoms with Crippen LogP contribution in [0.4, 0.5) is 8.78 Å². The van der Waals surface area contributed by atoms with Crippen LogP contribution in [0.5, 0.6) is 11.6 Å². The Labute approximate surface area is 190 Å². The summed E-state index contributed by atoms with van der Waals surface area (Å²) in [6.07, 6.45) is 3.64. The second-order valence-electron chi connectivity index (χ2n) is 7.94. The molecule has 8 heteroatoms. The largest absolute Gasteiger partial charge is 0.494 e. The smallest absolute Gasteiger partial charge is 0.257 e. The number of nitrogens with one attached hydrogen (secondary N) is 1. The van der Waals surface area contributed by atoms with Crippen LogP contribution in [0, 0.1) is 17.6 Å². The first-order chi connectivity index (χ1) is 16.0. The predicted molar refractivity (Wildman–Crippen MR) is 118 cm³/mol. The highest BCUT2D eigenvalue weighted by atomic mass is 19.1. The van der Waals surface area contributed by atoms with Crippen molar-refractivity contribution in [3.05, 3.63) is 77.0 Å². The van der Waals surface area contributed by atoms with E-state index in [1.807, 2.05) is 0 Å². The van der Waals surface area contributed by atoms with Crippen molar-refractivity contribution in [2.75, 3.05) is 13.7 Å². The van der Waals surface area contributed by atoms with E-state index in [-0.39, 0.29) is 30.3 Å². The molecule has 0 radical (unpaired) electrons. The maximum absolute atomic E-state index is 14.0. The molecule has 4 rings (SSSR count). The number of rotatable bonds is 9. The van der Waals surface area contributed by atoms with Gasteiger partial charge in [0.15, 0.2) is 11.6 Å². The molecule has 0 atom stereocenters. The molecule has 0 unspecified atom stereocenters. The summed E-state index contributed by atoms with van der Waals surface area (Å²) >= 11 is 0. The molecule has 2 N–H and O–H groups in total. The van der Waals surface area contributed by atoms with Crippen LogP contribution in [0.3, 0.4) is 0 Å². The molecule has 1 aliphatic carbocycles. The van der Waals surface area contributed by atoms with E-state index < -0.39 is 17.5 Å². The van der Waals surface area contributed by atoms with Crippen LogP contribution in [0.1, 0.15) is 34.3 Å². The van der Waals surface area contributed by atoms with Crippen molar-refractivity contribution in [1.29, 1.82) is 0 Å². The van der Waals surface area contributed by atoms with Gasteiger partial charge in [0.05, 0.1) is 20.3 Å². The van der Waals surface area contributed by atoms with E-state index in [9.17, 15) is 18.7 Å². The summed E-state index contributed by atoms with van der Waals surface area (Å²) in [6.45, 7) is 0.242. The van der Waals surface area contributed by atoms with Gasteiger partial charge in [-0.25, -0.2) is 13.8 Å². The Balaban J connectivity index is 1.60. The Hall–Kier alpha value is -3.52. The van der Waals surface area contributed by atoms with Gasteiger partial charge in [-0.2, -0.15) is 0 Å². The molecule has 0 bridgehead atoms. The van der Waals surface area contributed by atoms with E-state index in [1.165, 1.54) is 43.6 Å². The van der Waals surface area contributed by atoms with Crippen LogP contribution in [0.2, 0.25) is 0 Å². The fraction of sp³-hybridized carbons (Fsp3) is 0.280. The first kappa shape index (κ1) is 22.7. The normalized spacial score (nSPS) is 13.0. The fourth-order valence-corrected chi connectivity index (χ4v) is 3.41. The molecule has 1 fully saturated rings. The second kappa shape index (κ2) is 9.95. The number of nitrogens with zero attached hydrogens (tertiary/aromatic N) is 1. The third kappa shape index (κ3) is 5.46. The van der Waals surface area contributed by atoms with Gasteiger partial charge >= 0.3 is 0 Å². The molecule has 0 spiro atoms. The quantitative estimate of drug-likeness (QED) is 0.505. The van der Waals surface area contributed by atoms with Gasteiger partial charge in [-0.15, -0.1) is 0 Å². The van der Waals surface area contributed by atoms with E-state index in [0.29, 0.717) is 34.8 Å². The van der Waals surface area contributed by atoms with Crippen molar-refractivity contribution in [1.82, 2.24) is 10.3 Å². The predicted octanol–water partition coefficient (Wildman–Crippen LogP) is 4.25. The van der Waals surface area contributed by atoms with Crippen LogP contribution in [0.25, 0.3) is 11.1 Å². The number of hydrogen-bond donors (Lipinski definition) is 2. The molecule has 1 saturated carbocycles. The Kier molecular flexibility index (Phi) is 6.84. The third-order valence-corrected chi connectivity index (χ3v) is 5.47. The maximum Gasteiger partial charge on any atom is 0.257 e. The van der Waals surface area contributed by atoms with Crippen LogP contribution in [0.15, 0.2) is 48.7 Å². The summed E-state index contributed by atoms with van der Waals surface area (Å²) in [5.41, 5.74) is 2.14. The molecule has 33 heavy (non-hydrogen) atoms. The number of hydrogen-bond acceptors (Lipinski definition) is 5. The summed E-state index contributed by atoms with van der Waals surface area (Å²) in [6, 6.07) is 10.0. The number of halogens is 2. The summed E-state index contributed by atoms with van der Waals surface area (Å²) in [5.74, 6) is -0.714. The Morgan fingerprint density at radius 1 is 1.18 bits per heavy atom. The highest BCUT2D eigenvalue weighted by Gasteiger charge is 2.24. The number of methoxy groups -OCH3 is 1. The average Bonchev–Trinajstić information content (AvgIpc) is 3.66. The minimum atomic E-state index is -0.524. The number of amides is 1. The monoisotopic (exact) mass is 454 g/mol. The van der Waals surface area contributed by atoms with Gasteiger partial charge < -0.3 is 19.9 Å². The number of aliphatic hydroxyl groups is 1. The SMILES string of the molecule is COc1ccc(CNC(=O)c2cc(-c3cc(F)ccc3CO)cnc2OCC2CC2)cc1F. The molecule has 0 saturated heterocycles. The lowest BCUT2D eigenvalue weighted by Crippen LogP contribution is -2.24. The Morgan fingerprint density at radius 3 is 2.70 bits per heavy atom. The van der Waals surface area contributed by atoms with Gasteiger partial charge in [0.25, 0.3) is 5.91 Å². The van der Waals surface area contributed by atoms with Crippen LogP contribution >= 0.6 is 0 Å². The number of carbonyl (C=O) groups is 1. The van der Waals surface area contributed by atoms with Crippen molar-refractivity contribution in [3.8, 4) is 22.8 Å². The first-order valence-corrected chi connectivity index (χ1v) is 10.6. The number of aromatic nitrogens is 1. The zero-order valence-corrected chi connectivity index (χ0v) is 18.1. The number of carbonyl (C=O) groups excluding carboxylic acids is 1. The standard InChI is InChI=1S/C25H24F2N2O4/c1-32-23-7-4-16(8-22(23)27)11-28-24(31)21-9-18(12-29-25(21)33-14-15-2-3-15)20-10-19(26)6-5-17(20)13-30/h4-10,12,15,30H,2-3,11,13-14H2,1H3,(H,28,31). The Morgan fingerprint density at radius 2 is 2.00 bits per heavy atom. The highest BCUT2D eigenvalue weighted by molar-refractivity contribution is 5.97. The van der Waals surface area contributed by atoms with Crippen molar-refractivity contribution in [2.24, 2.45) is 5.92 Å². The van der Waals surface area contributed by atoms with Crippen molar-refractivity contribution < 1.29 is 28.2 Å². The topological polar surface area (TPSA) is 80.7 Å². The van der Waals surface area contributed by atoms with Crippen LogP contribution in [-0.4, -0.2) is 29.7 Å². The number of benzene rings is 2. The minimum absolute atomic E-state index is 0.0773. The second-order valence-corrected chi connectivity index (χ2v) is 7.94. The van der Waals surface area contributed by atoms with E-state index in [4.69, 9.17) is 9.47 Å². The van der Waals surface area contributed by atoms with Crippen molar-refractivity contribution >= 4 is 5.91 Å². The summed E-state index contributed by atoms with van der Waals surface area (Å²) in [5, 5.41) is 12.4. The Bertz CT molecular complexity index is 1170. The van der Waals surface area contributed by atoms with Crippen molar-refractivity contribution in [3.63, 3.8) is 0 Å². The first-order valence-electron chi connectivity index (χ1n) is 10.6. The minimum Gasteiger partial charge on any atom is -0.494 e. The molecule has 0 aliphatic heterocycles. The number of ether oxygens (including phenoxy) is 2. The van der Waals surface area contributed by atoms with Gasteiger partial charge in [0.1, 0.15) is 11.4 Å². The lowest BCUT2D eigenvalue weighted by atomic mass is 10.00. The zero-order chi connectivity index (χ0) is 23.4. The van der Waals surface area contributed by atoms with E-state index in [0.717, 1.165) is 12.8 Å². The average molecular weight is 454 g/mol. The van der Waals surface area contributed by atoms with Gasteiger partial charge in [0, 0.05) is 18.3 Å². The molecule has 172 valence electrons. The maximum atomic E-state index is 14.0. The molecule has 1 aromatic heterocycles. The van der Waals surface area contributed by atoms with E-state index in [2.05, 4.69) is 10.3 Å². The molecular formula is C25H24F2N2O4. The van der Waals surface area contributed by atoms with E-state index >= 15 is 0 Å². The van der Waals surface area contributed by atoms with Crippen molar-refractivity contribution in [2.45, 2.75) is 26.0 Å². The van der Waals surface area contributed by atoms with Crippen LogP contribution in [-0.2, 0) is 13.2 Å². The summed E-state index contributed by atoms with van der Waals surface area (Å²) in [4.78, 5) is 17.3. The lowest BCUT2D eigenvalue weighted by Gasteiger charge is -2.14. The molecule has 1 amide bonds. The highest BCUT2D eigenvalue weighted by Crippen LogP contribution is 2.32. The zero-order valence-electron chi connectivity index (χ0n) is 18.1. The fourth-order valence-electron chi connectivity index (χ4n) is 3.41. The summed E-state index contributed by atoms with van der Waals surface area (Å²) in [7, 11) is 1.38. The third-order valence-electron chi connectivity index (χ3n) is 5.47. The molecule has 1 aliphatic rings. The van der Waals surface area contributed by atoms with Gasteiger partial charge in [-0.05, 0) is 65.8 Å². The van der Waals surface area contributed by atoms with Gasteiger partial charge in [0.2, 0.25) is 5.88 Å². The van der Waals surface area contributed by atoms with Gasteiger partial charge in [-0.3, -0.25) is 4.79 Å². The van der Waals surface area contributed by atoms with Crippen LogP contribution < -0.4 is 14.8 Å². The molecule has 1 heterocycles. The van der Waals surface area contributed by atoms with E-state index in [1.54, 1.807) is 12.1 Å². The lowest BCUT2D eigenvalue weighted by molar-refractivity contribution is 0.0945. The molecule has 6 nitrogen and oxygen atoms in total.